The fourth-order valence-electron chi connectivity index (χ4n) is 7.47. The molecule has 0 fully saturated rings. The van der Waals surface area contributed by atoms with Gasteiger partial charge in [0.1, 0.15) is 29.5 Å². The fraction of sp³-hybridized carbons (Fsp3) is 0.537. The van der Waals surface area contributed by atoms with Gasteiger partial charge in [-0.05, 0) is 66.6 Å². The summed E-state index contributed by atoms with van der Waals surface area (Å²) in [5.41, 5.74) is 1.45. The molecular formula is C54H76N4O14. The van der Waals surface area contributed by atoms with Crippen molar-refractivity contribution in [3.63, 3.8) is 0 Å². The van der Waals surface area contributed by atoms with Crippen molar-refractivity contribution in [3.05, 3.63) is 95.6 Å². The topological polar surface area (TPSA) is 243 Å². The van der Waals surface area contributed by atoms with Crippen molar-refractivity contribution >= 4 is 41.4 Å². The molecule has 0 saturated carbocycles. The molecular weight excluding hydrogens is 929 g/mol. The van der Waals surface area contributed by atoms with Gasteiger partial charge in [-0.25, -0.2) is 0 Å². The monoisotopic (exact) mass is 1000 g/mol. The maximum absolute atomic E-state index is 12.8. The third-order valence-electron chi connectivity index (χ3n) is 11.7. The number of amides is 4. The first kappa shape index (κ1) is 59.9. The molecule has 0 aromatic heterocycles. The predicted molar refractivity (Wildman–Crippen MR) is 269 cm³/mol. The number of esters is 1. The number of rotatable bonds is 39. The lowest BCUT2D eigenvalue weighted by Gasteiger charge is -2.37. The van der Waals surface area contributed by atoms with Gasteiger partial charge in [-0.1, -0.05) is 81.3 Å². The molecule has 5 N–H and O–H groups in total. The summed E-state index contributed by atoms with van der Waals surface area (Å²) in [6, 6.07) is 25.2. The van der Waals surface area contributed by atoms with Crippen LogP contribution in [0.1, 0.15) is 114 Å². The van der Waals surface area contributed by atoms with E-state index in [4.69, 9.17) is 33.5 Å². The number of benzene rings is 3. The number of ketones is 1. The van der Waals surface area contributed by atoms with E-state index in [1.807, 2.05) is 78.9 Å². The molecule has 0 aliphatic carbocycles. The van der Waals surface area contributed by atoms with Gasteiger partial charge >= 0.3 is 11.9 Å². The number of Topliss-reactive ketones (excluding diaryl/α,β-unsaturated/α-hetero) is 1. The number of carboxylic acids is 1. The number of carbonyl (C=O) groups excluding carboxylic acids is 6. The third kappa shape index (κ3) is 23.2. The second kappa shape index (κ2) is 34.9. The predicted octanol–water partition coefficient (Wildman–Crippen LogP) is 5.80. The van der Waals surface area contributed by atoms with Gasteiger partial charge in [0, 0.05) is 77.4 Å². The van der Waals surface area contributed by atoms with E-state index in [1.54, 1.807) is 28.1 Å². The highest BCUT2D eigenvalue weighted by Crippen LogP contribution is 2.42. The second-order valence-electron chi connectivity index (χ2n) is 17.2. The van der Waals surface area contributed by atoms with Gasteiger partial charge in [0.15, 0.2) is 0 Å². The Morgan fingerprint density at radius 2 is 1.12 bits per heavy atom. The Labute approximate surface area is 423 Å². The summed E-state index contributed by atoms with van der Waals surface area (Å²) in [5, 5.41) is 20.1. The molecule has 0 heterocycles. The van der Waals surface area contributed by atoms with Crippen molar-refractivity contribution in [2.75, 3.05) is 73.4 Å². The number of carbonyl (C=O) groups is 7. The maximum Gasteiger partial charge on any atom is 0.306 e. The largest absolute Gasteiger partial charge is 0.497 e. The van der Waals surface area contributed by atoms with Crippen LogP contribution in [0.15, 0.2) is 78.9 Å². The zero-order chi connectivity index (χ0) is 52.4. The number of nitrogens with one attached hydrogen (secondary N) is 4. The number of ether oxygens (including phenoxy) is 6. The number of hydrogen-bond donors (Lipinski definition) is 5. The van der Waals surface area contributed by atoms with E-state index in [0.717, 1.165) is 16.7 Å². The molecule has 0 radical (unpaired) electrons. The van der Waals surface area contributed by atoms with Crippen molar-refractivity contribution in [1.29, 1.82) is 0 Å². The Kier molecular flexibility index (Phi) is 29.0. The summed E-state index contributed by atoms with van der Waals surface area (Å²) in [7, 11) is 3.21. The van der Waals surface area contributed by atoms with Gasteiger partial charge in [-0.15, -0.1) is 0 Å². The van der Waals surface area contributed by atoms with E-state index in [9.17, 15) is 33.6 Å². The van der Waals surface area contributed by atoms with Crippen LogP contribution in [0.4, 0.5) is 0 Å². The van der Waals surface area contributed by atoms with Crippen LogP contribution in [0, 0.1) is 5.92 Å². The molecule has 3 rings (SSSR count). The first-order valence-corrected chi connectivity index (χ1v) is 25.0. The first-order chi connectivity index (χ1) is 34.8. The van der Waals surface area contributed by atoms with Crippen LogP contribution in [-0.2, 0) is 58.1 Å². The lowest BCUT2D eigenvalue weighted by atomic mass is 9.79. The SMILES string of the molecule is CCC(=O)NCC(CNC(=O)CC)OCC(=O)NCCCOCCCNC(=O)CCC(=O)CCCCCC(COC(=O)CCC(=O)O)COC(c1ccccc1)(c1ccc(OC)cc1)c1ccc(OC)cc1. The average Bonchev–Trinajstić information content (AvgIpc) is 3.40. The number of methoxy groups -OCH3 is 2. The molecule has 0 saturated heterocycles. The van der Waals surface area contributed by atoms with Crippen molar-refractivity contribution in [3.8, 4) is 11.5 Å². The summed E-state index contributed by atoms with van der Waals surface area (Å²) in [5.74, 6) is -1.48. The molecule has 0 aliphatic heterocycles. The minimum Gasteiger partial charge on any atom is -0.497 e. The van der Waals surface area contributed by atoms with Crippen LogP contribution in [0.3, 0.4) is 0 Å². The minimum atomic E-state index is -1.10. The smallest absolute Gasteiger partial charge is 0.306 e. The Bertz CT molecular complexity index is 2020. The van der Waals surface area contributed by atoms with Crippen LogP contribution in [0.2, 0.25) is 0 Å². The van der Waals surface area contributed by atoms with E-state index in [1.165, 1.54) is 0 Å². The Balaban J connectivity index is 1.41. The van der Waals surface area contributed by atoms with Crippen molar-refractivity contribution in [2.45, 2.75) is 109 Å². The molecule has 0 bridgehead atoms. The molecule has 1 unspecified atom stereocenters. The highest BCUT2D eigenvalue weighted by Gasteiger charge is 2.38. The van der Waals surface area contributed by atoms with Gasteiger partial charge in [-0.3, -0.25) is 33.6 Å². The highest BCUT2D eigenvalue weighted by atomic mass is 16.5. The zero-order valence-electron chi connectivity index (χ0n) is 42.5. The number of carboxylic acid groups (broad SMARTS) is 1. The van der Waals surface area contributed by atoms with Crippen LogP contribution in [0.25, 0.3) is 0 Å². The van der Waals surface area contributed by atoms with Gasteiger partial charge in [-0.2, -0.15) is 0 Å². The Hall–Kier alpha value is -6.37. The highest BCUT2D eigenvalue weighted by molar-refractivity contribution is 5.85. The van der Waals surface area contributed by atoms with E-state index in [-0.39, 0.29) is 93.9 Å². The van der Waals surface area contributed by atoms with Gasteiger partial charge in [0.05, 0.1) is 46.4 Å². The van der Waals surface area contributed by atoms with Gasteiger partial charge < -0.3 is 54.8 Å². The molecule has 18 heteroatoms. The summed E-state index contributed by atoms with van der Waals surface area (Å²) in [6.45, 7) is 5.32. The molecule has 0 aliphatic rings. The molecule has 3 aromatic carbocycles. The Morgan fingerprint density at radius 1 is 0.569 bits per heavy atom. The number of unbranched alkanes of at least 4 members (excludes halogenated alkanes) is 2. The average molecular weight is 1010 g/mol. The van der Waals surface area contributed by atoms with E-state index < -0.39 is 23.6 Å². The van der Waals surface area contributed by atoms with E-state index in [0.29, 0.717) is 95.6 Å². The molecule has 3 aromatic rings. The van der Waals surface area contributed by atoms with Crippen LogP contribution in [0.5, 0.6) is 11.5 Å². The summed E-state index contributed by atoms with van der Waals surface area (Å²) in [4.78, 5) is 84.5. The Morgan fingerprint density at radius 3 is 1.67 bits per heavy atom. The third-order valence-corrected chi connectivity index (χ3v) is 11.7. The van der Waals surface area contributed by atoms with Crippen LogP contribution in [-0.4, -0.2) is 126 Å². The van der Waals surface area contributed by atoms with Crippen LogP contribution < -0.4 is 30.7 Å². The second-order valence-corrected chi connectivity index (χ2v) is 17.2. The van der Waals surface area contributed by atoms with Gasteiger partial charge in [0.2, 0.25) is 23.6 Å². The maximum atomic E-state index is 12.8. The number of aliphatic carboxylic acids is 1. The van der Waals surface area contributed by atoms with E-state index >= 15 is 0 Å². The molecule has 4 amide bonds. The summed E-state index contributed by atoms with van der Waals surface area (Å²) < 4.78 is 34.9. The molecule has 396 valence electrons. The standard InChI is InChI=1S/C54H76N4O14/c1-5-48(60)57-35-47(36-58-49(61)6-2)70-39-51(63)56-32-14-34-69-33-13-31-55-50(62)28-23-44(59)18-12-7-9-15-40(37-71-53(66)30-29-52(64)65)38-72-54(41-16-10-8-11-17-41,42-19-24-45(67-3)25-20-42)43-21-26-46(68-4)27-22-43/h8,10-11,16-17,19-22,24-27,40,47H,5-7,9,12-15,18,23,28-39H2,1-4H3,(H,55,62)(H,56,63)(H,57,60)(H,58,61)(H,64,65). The quantitative estimate of drug-likeness (QED) is 0.0258. The summed E-state index contributed by atoms with van der Waals surface area (Å²) in [6.07, 6.45) is 3.80. The van der Waals surface area contributed by atoms with Crippen LogP contribution >= 0.6 is 0 Å². The van der Waals surface area contributed by atoms with Crippen molar-refractivity contribution < 1.29 is 67.1 Å². The molecule has 72 heavy (non-hydrogen) atoms. The summed E-state index contributed by atoms with van der Waals surface area (Å²) >= 11 is 0. The zero-order valence-corrected chi connectivity index (χ0v) is 42.5. The van der Waals surface area contributed by atoms with Gasteiger partial charge in [0.25, 0.3) is 0 Å². The number of hydrogen-bond acceptors (Lipinski definition) is 13. The first-order valence-electron chi connectivity index (χ1n) is 25.0. The molecule has 0 spiro atoms. The molecule has 18 nitrogen and oxygen atoms in total. The van der Waals surface area contributed by atoms with Crippen molar-refractivity contribution in [2.24, 2.45) is 5.92 Å². The fourth-order valence-corrected chi connectivity index (χ4v) is 7.47. The lowest BCUT2D eigenvalue weighted by Crippen LogP contribution is -2.43. The van der Waals surface area contributed by atoms with E-state index in [2.05, 4.69) is 21.3 Å². The van der Waals surface area contributed by atoms with Crippen molar-refractivity contribution in [1.82, 2.24) is 21.3 Å². The molecule has 1 atom stereocenters. The minimum absolute atomic E-state index is 0.00762. The normalized spacial score (nSPS) is 11.6. The lowest BCUT2D eigenvalue weighted by molar-refractivity contribution is -0.149.